The third-order valence-corrected chi connectivity index (χ3v) is 2.80. The van der Waals surface area contributed by atoms with Crippen molar-refractivity contribution in [3.05, 3.63) is 35.7 Å². The smallest absolute Gasteiger partial charge is 0.303 e. The first kappa shape index (κ1) is 13.6. The Hall–Kier alpha value is -1.42. The standard InChI is InChI=1S/C13H16O3S/c1-10(16-11(2)14)8-9-17-13-6-4-12(15-3)5-7-13/h4-10H,1-3H3. The molecular weight excluding hydrogens is 236 g/mol. The Morgan fingerprint density at radius 1 is 1.35 bits per heavy atom. The number of thioether (sulfide) groups is 1. The number of esters is 1. The highest BCUT2D eigenvalue weighted by molar-refractivity contribution is 8.02. The van der Waals surface area contributed by atoms with Crippen LogP contribution in [0.3, 0.4) is 0 Å². The lowest BCUT2D eigenvalue weighted by molar-refractivity contribution is -0.143. The molecule has 1 atom stereocenters. The second kappa shape index (κ2) is 7.01. The van der Waals surface area contributed by atoms with Crippen molar-refractivity contribution < 1.29 is 14.3 Å². The first-order chi connectivity index (χ1) is 8.11. The van der Waals surface area contributed by atoms with Crippen LogP contribution in [0.2, 0.25) is 0 Å². The van der Waals surface area contributed by atoms with Crippen LogP contribution in [0.1, 0.15) is 13.8 Å². The van der Waals surface area contributed by atoms with E-state index in [0.29, 0.717) is 0 Å². The molecule has 0 bridgehead atoms. The fraction of sp³-hybridized carbons (Fsp3) is 0.308. The highest BCUT2D eigenvalue weighted by atomic mass is 32.2. The van der Waals surface area contributed by atoms with Crippen molar-refractivity contribution in [3.63, 3.8) is 0 Å². The number of ether oxygens (including phenoxy) is 2. The molecule has 0 saturated heterocycles. The van der Waals surface area contributed by atoms with E-state index in [2.05, 4.69) is 0 Å². The molecule has 3 nitrogen and oxygen atoms in total. The lowest BCUT2D eigenvalue weighted by atomic mass is 10.3. The summed E-state index contributed by atoms with van der Waals surface area (Å²) in [5.74, 6) is 0.572. The maximum Gasteiger partial charge on any atom is 0.303 e. The Balaban J connectivity index is 2.43. The van der Waals surface area contributed by atoms with Crippen molar-refractivity contribution in [3.8, 4) is 5.75 Å². The maximum absolute atomic E-state index is 10.7. The van der Waals surface area contributed by atoms with E-state index in [1.165, 1.54) is 6.92 Å². The van der Waals surface area contributed by atoms with Gasteiger partial charge in [0.25, 0.3) is 0 Å². The predicted octanol–water partition coefficient (Wildman–Crippen LogP) is 3.25. The minimum absolute atomic E-state index is 0.196. The van der Waals surface area contributed by atoms with Crippen LogP contribution in [0.25, 0.3) is 0 Å². The minimum Gasteiger partial charge on any atom is -0.497 e. The van der Waals surface area contributed by atoms with Gasteiger partial charge in [-0.25, -0.2) is 0 Å². The highest BCUT2D eigenvalue weighted by Gasteiger charge is 1.99. The van der Waals surface area contributed by atoms with Crippen molar-refractivity contribution in [1.82, 2.24) is 0 Å². The molecule has 1 aromatic rings. The van der Waals surface area contributed by atoms with Gasteiger partial charge in [0.15, 0.2) is 0 Å². The Bertz CT molecular complexity index is 384. The van der Waals surface area contributed by atoms with Gasteiger partial charge >= 0.3 is 5.97 Å². The summed E-state index contributed by atoms with van der Waals surface area (Å²) >= 11 is 1.57. The fourth-order valence-electron chi connectivity index (χ4n) is 1.18. The van der Waals surface area contributed by atoms with E-state index in [1.807, 2.05) is 42.7 Å². The molecule has 4 heteroatoms. The van der Waals surface area contributed by atoms with Crippen LogP contribution in [-0.2, 0) is 9.53 Å². The summed E-state index contributed by atoms with van der Waals surface area (Å²) in [5, 5.41) is 1.91. The second-order valence-corrected chi connectivity index (χ2v) is 4.42. The number of hydrogen-bond acceptors (Lipinski definition) is 4. The van der Waals surface area contributed by atoms with Gasteiger partial charge in [-0.05, 0) is 42.7 Å². The number of benzene rings is 1. The lowest BCUT2D eigenvalue weighted by Gasteiger charge is -2.05. The van der Waals surface area contributed by atoms with Crippen molar-refractivity contribution in [2.24, 2.45) is 0 Å². The van der Waals surface area contributed by atoms with Gasteiger partial charge in [-0.1, -0.05) is 11.8 Å². The van der Waals surface area contributed by atoms with E-state index in [-0.39, 0.29) is 12.1 Å². The van der Waals surface area contributed by atoms with E-state index in [1.54, 1.807) is 18.9 Å². The van der Waals surface area contributed by atoms with Crippen LogP contribution in [0.5, 0.6) is 5.75 Å². The molecule has 0 N–H and O–H groups in total. The number of hydrogen-bond donors (Lipinski definition) is 0. The second-order valence-electron chi connectivity index (χ2n) is 3.44. The van der Waals surface area contributed by atoms with Crippen LogP contribution in [0.15, 0.2) is 40.6 Å². The molecule has 0 amide bonds. The van der Waals surface area contributed by atoms with Crippen molar-refractivity contribution in [2.45, 2.75) is 24.8 Å². The van der Waals surface area contributed by atoms with Crippen LogP contribution >= 0.6 is 11.8 Å². The van der Waals surface area contributed by atoms with Gasteiger partial charge in [0.2, 0.25) is 0 Å². The monoisotopic (exact) mass is 252 g/mol. The summed E-state index contributed by atoms with van der Waals surface area (Å²) in [4.78, 5) is 11.8. The Labute approximate surface area is 106 Å². The molecule has 0 spiro atoms. The average molecular weight is 252 g/mol. The third-order valence-electron chi connectivity index (χ3n) is 1.96. The molecule has 0 radical (unpaired) electrons. The van der Waals surface area contributed by atoms with Gasteiger partial charge in [-0.15, -0.1) is 0 Å². The van der Waals surface area contributed by atoms with Gasteiger partial charge in [0.05, 0.1) is 7.11 Å². The first-order valence-electron chi connectivity index (χ1n) is 5.26. The number of carbonyl (C=O) groups excluding carboxylic acids is 1. The van der Waals surface area contributed by atoms with E-state index >= 15 is 0 Å². The van der Waals surface area contributed by atoms with Gasteiger partial charge in [-0.2, -0.15) is 0 Å². The van der Waals surface area contributed by atoms with Crippen LogP contribution in [0, 0.1) is 0 Å². The molecule has 0 aliphatic rings. The van der Waals surface area contributed by atoms with E-state index in [0.717, 1.165) is 10.6 Å². The molecule has 1 rings (SSSR count). The molecule has 0 aliphatic carbocycles. The lowest BCUT2D eigenvalue weighted by Crippen LogP contribution is -2.08. The molecule has 0 fully saturated rings. The van der Waals surface area contributed by atoms with Gasteiger partial charge in [0, 0.05) is 11.8 Å². The van der Waals surface area contributed by atoms with Crippen LogP contribution < -0.4 is 4.74 Å². The summed E-state index contributed by atoms with van der Waals surface area (Å²) in [6.45, 7) is 3.23. The highest BCUT2D eigenvalue weighted by Crippen LogP contribution is 2.22. The Morgan fingerprint density at radius 2 is 2.00 bits per heavy atom. The molecule has 0 saturated carbocycles. The summed E-state index contributed by atoms with van der Waals surface area (Å²) in [6.07, 6.45) is 1.65. The van der Waals surface area contributed by atoms with Crippen molar-refractivity contribution in [2.75, 3.05) is 7.11 Å². The summed E-state index contributed by atoms with van der Waals surface area (Å²) in [5.41, 5.74) is 0. The Morgan fingerprint density at radius 3 is 2.53 bits per heavy atom. The molecule has 0 heterocycles. The summed E-state index contributed by atoms with van der Waals surface area (Å²) in [6, 6.07) is 7.77. The molecule has 0 aromatic heterocycles. The van der Waals surface area contributed by atoms with Crippen molar-refractivity contribution in [1.29, 1.82) is 0 Å². The van der Waals surface area contributed by atoms with E-state index in [9.17, 15) is 4.79 Å². The SMILES string of the molecule is COc1ccc(SC=CC(C)OC(C)=O)cc1. The number of rotatable bonds is 5. The quantitative estimate of drug-likeness (QED) is 0.595. The number of methoxy groups -OCH3 is 1. The average Bonchev–Trinajstić information content (AvgIpc) is 2.29. The zero-order chi connectivity index (χ0) is 12.7. The largest absolute Gasteiger partial charge is 0.497 e. The zero-order valence-electron chi connectivity index (χ0n) is 10.2. The van der Waals surface area contributed by atoms with Gasteiger partial charge in [0.1, 0.15) is 11.9 Å². The molecule has 17 heavy (non-hydrogen) atoms. The Kier molecular flexibility index (Phi) is 5.63. The van der Waals surface area contributed by atoms with Crippen LogP contribution in [0.4, 0.5) is 0 Å². The predicted molar refractivity (Wildman–Crippen MR) is 69.2 cm³/mol. The molecule has 1 unspecified atom stereocenters. The zero-order valence-corrected chi connectivity index (χ0v) is 11.0. The fourth-order valence-corrected chi connectivity index (χ4v) is 1.93. The first-order valence-corrected chi connectivity index (χ1v) is 6.14. The molecule has 1 aromatic carbocycles. The van der Waals surface area contributed by atoms with Gasteiger partial charge in [-0.3, -0.25) is 4.79 Å². The van der Waals surface area contributed by atoms with E-state index in [4.69, 9.17) is 9.47 Å². The topological polar surface area (TPSA) is 35.5 Å². The summed E-state index contributed by atoms with van der Waals surface area (Å²) in [7, 11) is 1.64. The van der Waals surface area contributed by atoms with Crippen LogP contribution in [-0.4, -0.2) is 19.2 Å². The maximum atomic E-state index is 10.7. The van der Waals surface area contributed by atoms with Crippen molar-refractivity contribution >= 4 is 17.7 Å². The molecule has 92 valence electrons. The van der Waals surface area contributed by atoms with Gasteiger partial charge < -0.3 is 9.47 Å². The number of carbonyl (C=O) groups is 1. The summed E-state index contributed by atoms with van der Waals surface area (Å²) < 4.78 is 10.0. The normalized spacial score (nSPS) is 12.4. The minimum atomic E-state index is -0.267. The molecule has 0 aliphatic heterocycles. The van der Waals surface area contributed by atoms with E-state index < -0.39 is 0 Å². The molecular formula is C13H16O3S. The third kappa shape index (κ3) is 5.45.